The summed E-state index contributed by atoms with van der Waals surface area (Å²) in [5.74, 6) is -0.914. The zero-order chi connectivity index (χ0) is 19.6. The normalized spacial score (nSPS) is 13.7. The number of anilines is 1. The highest BCUT2D eigenvalue weighted by Crippen LogP contribution is 2.19. The van der Waals surface area contributed by atoms with Gasteiger partial charge in [0.05, 0.1) is 12.5 Å². The van der Waals surface area contributed by atoms with Gasteiger partial charge in [0.2, 0.25) is 12.3 Å². The van der Waals surface area contributed by atoms with Gasteiger partial charge in [0.25, 0.3) is 5.91 Å². The minimum Gasteiger partial charge on any atom is -0.370 e. The Hall–Kier alpha value is -2.68. The zero-order valence-electron chi connectivity index (χ0n) is 15.5. The van der Waals surface area contributed by atoms with Crippen molar-refractivity contribution in [3.8, 4) is 0 Å². The monoisotopic (exact) mass is 377 g/mol. The molecule has 4 N–H and O–H groups in total. The molecule has 1 aromatic heterocycles. The number of unbranched alkanes of at least 4 members (excludes halogenated alkanes) is 2. The summed E-state index contributed by atoms with van der Waals surface area (Å²) in [7, 11) is 0. The fourth-order valence-electron chi connectivity index (χ4n) is 2.95. The molecule has 0 spiro atoms. The van der Waals surface area contributed by atoms with Crippen molar-refractivity contribution in [2.24, 2.45) is 5.92 Å². The van der Waals surface area contributed by atoms with Gasteiger partial charge in [0, 0.05) is 6.54 Å². The molecule has 3 amide bonds. The Morgan fingerprint density at radius 1 is 1.37 bits per heavy atom. The molecular formula is C18H27N5O4. The number of rotatable bonds is 9. The average molecular weight is 377 g/mol. The summed E-state index contributed by atoms with van der Waals surface area (Å²) in [4.78, 5) is 39.5. The minimum atomic E-state index is -0.620. The number of hydrogen-bond donors (Lipinski definition) is 4. The van der Waals surface area contributed by atoms with E-state index in [0.29, 0.717) is 17.3 Å². The number of amides is 3. The number of carbonyl (C=O) groups is 3. The first-order valence-corrected chi connectivity index (χ1v) is 9.30. The highest BCUT2D eigenvalue weighted by molar-refractivity contribution is 5.94. The lowest BCUT2D eigenvalue weighted by Crippen LogP contribution is -2.47. The topological polar surface area (TPSA) is 124 Å². The third-order valence-electron chi connectivity index (χ3n) is 4.48. The van der Waals surface area contributed by atoms with E-state index >= 15 is 0 Å². The lowest BCUT2D eigenvalue weighted by atomic mass is 10.0. The molecule has 0 saturated heterocycles. The molecule has 1 aliphatic heterocycles. The third kappa shape index (κ3) is 6.21. The molecule has 148 valence electrons. The Kier molecular flexibility index (Phi) is 8.00. The Labute approximate surface area is 158 Å². The van der Waals surface area contributed by atoms with Crippen molar-refractivity contribution in [1.29, 1.82) is 0 Å². The first kappa shape index (κ1) is 20.6. The van der Waals surface area contributed by atoms with E-state index < -0.39 is 17.7 Å². The van der Waals surface area contributed by atoms with Crippen molar-refractivity contribution in [3.63, 3.8) is 0 Å². The van der Waals surface area contributed by atoms with Crippen molar-refractivity contribution >= 4 is 24.0 Å². The van der Waals surface area contributed by atoms with Crippen molar-refractivity contribution < 1.29 is 19.6 Å². The van der Waals surface area contributed by atoms with Gasteiger partial charge in [-0.05, 0) is 30.9 Å². The van der Waals surface area contributed by atoms with Gasteiger partial charge in [-0.3, -0.25) is 30.4 Å². The molecule has 0 bridgehead atoms. The number of carbonyl (C=O) groups excluding carboxylic acids is 3. The van der Waals surface area contributed by atoms with Crippen molar-refractivity contribution in [2.45, 2.75) is 45.4 Å². The van der Waals surface area contributed by atoms with Gasteiger partial charge in [-0.1, -0.05) is 32.3 Å². The molecule has 27 heavy (non-hydrogen) atoms. The smallest absolute Gasteiger partial charge is 0.288 e. The number of fused-ring (bicyclic) bond motifs is 1. The molecule has 1 atom stereocenters. The number of pyridine rings is 1. The Morgan fingerprint density at radius 2 is 2.19 bits per heavy atom. The first-order chi connectivity index (χ1) is 13.0. The van der Waals surface area contributed by atoms with Crippen LogP contribution in [0.15, 0.2) is 12.1 Å². The fraction of sp³-hybridized carbons (Fsp3) is 0.556. The van der Waals surface area contributed by atoms with Crippen LogP contribution in [0.1, 0.15) is 55.1 Å². The van der Waals surface area contributed by atoms with Crippen LogP contribution in [0.4, 0.5) is 5.82 Å². The molecule has 0 unspecified atom stereocenters. The molecule has 1 aromatic rings. The second-order valence-electron chi connectivity index (χ2n) is 6.60. The summed E-state index contributed by atoms with van der Waals surface area (Å²) in [6.45, 7) is 2.73. The van der Waals surface area contributed by atoms with E-state index in [2.05, 4.69) is 21.2 Å². The number of nitrogens with one attached hydrogen (secondary N) is 3. The van der Waals surface area contributed by atoms with E-state index in [-0.39, 0.29) is 18.6 Å². The maximum absolute atomic E-state index is 12.3. The maximum Gasteiger partial charge on any atom is 0.288 e. The van der Waals surface area contributed by atoms with Crippen LogP contribution in [-0.4, -0.2) is 46.6 Å². The highest BCUT2D eigenvalue weighted by atomic mass is 16.5. The number of aryl methyl sites for hydroxylation is 1. The number of hydroxylamine groups is 2. The van der Waals surface area contributed by atoms with Crippen molar-refractivity contribution in [1.82, 2.24) is 20.9 Å². The van der Waals surface area contributed by atoms with E-state index in [4.69, 9.17) is 0 Å². The predicted molar refractivity (Wildman–Crippen MR) is 98.8 cm³/mol. The van der Waals surface area contributed by atoms with Gasteiger partial charge in [-0.25, -0.2) is 10.0 Å². The van der Waals surface area contributed by atoms with E-state index in [1.807, 2.05) is 13.0 Å². The summed E-state index contributed by atoms with van der Waals surface area (Å²) >= 11 is 0. The van der Waals surface area contributed by atoms with Crippen LogP contribution in [0.5, 0.6) is 0 Å². The van der Waals surface area contributed by atoms with Crippen LogP contribution >= 0.6 is 0 Å². The number of aromatic nitrogens is 1. The number of hydrazine groups is 1. The van der Waals surface area contributed by atoms with E-state index in [9.17, 15) is 19.6 Å². The van der Waals surface area contributed by atoms with Gasteiger partial charge in [0.1, 0.15) is 11.5 Å². The Bertz CT molecular complexity index is 667. The molecule has 0 aliphatic carbocycles. The Morgan fingerprint density at radius 3 is 2.93 bits per heavy atom. The molecule has 9 nitrogen and oxygen atoms in total. The van der Waals surface area contributed by atoms with Crippen LogP contribution in [0.3, 0.4) is 0 Å². The van der Waals surface area contributed by atoms with Gasteiger partial charge in [-0.2, -0.15) is 0 Å². The second-order valence-corrected chi connectivity index (χ2v) is 6.60. The van der Waals surface area contributed by atoms with Crippen LogP contribution in [0.2, 0.25) is 0 Å². The van der Waals surface area contributed by atoms with Gasteiger partial charge >= 0.3 is 0 Å². The van der Waals surface area contributed by atoms with E-state index in [1.165, 1.54) is 0 Å². The lowest BCUT2D eigenvalue weighted by Gasteiger charge is -2.20. The number of hydrogen-bond acceptors (Lipinski definition) is 6. The SMILES string of the molecule is CCCCC[C@H](CN(O)C=O)C(=O)NNC(=O)c1ccc2c(n1)NCCC2. The van der Waals surface area contributed by atoms with Crippen LogP contribution in [0.25, 0.3) is 0 Å². The summed E-state index contributed by atoms with van der Waals surface area (Å²) in [6, 6.07) is 3.47. The van der Waals surface area contributed by atoms with Gasteiger partial charge in [0.15, 0.2) is 0 Å². The van der Waals surface area contributed by atoms with Crippen LogP contribution in [0, 0.1) is 5.92 Å². The zero-order valence-corrected chi connectivity index (χ0v) is 15.5. The Balaban J connectivity index is 1.92. The molecule has 2 heterocycles. The molecule has 0 fully saturated rings. The fourth-order valence-corrected chi connectivity index (χ4v) is 2.95. The van der Waals surface area contributed by atoms with Crippen molar-refractivity contribution in [2.75, 3.05) is 18.4 Å². The molecular weight excluding hydrogens is 350 g/mol. The largest absolute Gasteiger partial charge is 0.370 e. The molecule has 0 radical (unpaired) electrons. The molecule has 9 heteroatoms. The van der Waals surface area contributed by atoms with Gasteiger partial charge in [-0.15, -0.1) is 0 Å². The first-order valence-electron chi connectivity index (χ1n) is 9.30. The second kappa shape index (κ2) is 10.5. The summed E-state index contributed by atoms with van der Waals surface area (Å²) < 4.78 is 0. The summed E-state index contributed by atoms with van der Waals surface area (Å²) in [6.07, 6.45) is 5.41. The van der Waals surface area contributed by atoms with Crippen molar-refractivity contribution in [3.05, 3.63) is 23.4 Å². The van der Waals surface area contributed by atoms with Crippen LogP contribution in [-0.2, 0) is 16.0 Å². The molecule has 1 aliphatic rings. The quantitative estimate of drug-likeness (QED) is 0.222. The maximum atomic E-state index is 12.3. The number of nitrogens with zero attached hydrogens (tertiary/aromatic N) is 2. The lowest BCUT2D eigenvalue weighted by molar-refractivity contribution is -0.154. The van der Waals surface area contributed by atoms with E-state index in [0.717, 1.165) is 44.2 Å². The summed E-state index contributed by atoms with van der Waals surface area (Å²) in [5, 5.41) is 13.0. The third-order valence-corrected chi connectivity index (χ3v) is 4.48. The van der Waals surface area contributed by atoms with E-state index in [1.54, 1.807) is 6.07 Å². The minimum absolute atomic E-state index is 0.129. The molecule has 0 saturated carbocycles. The summed E-state index contributed by atoms with van der Waals surface area (Å²) in [5.41, 5.74) is 5.98. The molecule has 2 rings (SSSR count). The highest BCUT2D eigenvalue weighted by Gasteiger charge is 2.22. The average Bonchev–Trinajstić information content (AvgIpc) is 2.70. The van der Waals surface area contributed by atoms with Crippen LogP contribution < -0.4 is 16.2 Å². The standard InChI is InChI=1S/C18H27N5O4/c1-2-3-4-6-14(11-23(27)12-24)17(25)21-22-18(26)15-9-8-13-7-5-10-19-16(13)20-15/h8-9,12,14,27H,2-7,10-11H2,1H3,(H,19,20)(H,21,25)(H,22,26)/t14-/m1/s1. The molecule has 0 aromatic carbocycles. The predicted octanol–water partition coefficient (Wildman–Crippen LogP) is 1.24. The van der Waals surface area contributed by atoms with Gasteiger partial charge < -0.3 is 5.32 Å².